The molecule has 0 aliphatic heterocycles. The van der Waals surface area contributed by atoms with Crippen molar-refractivity contribution in [3.63, 3.8) is 0 Å². The molecule has 8 heteroatoms. The van der Waals surface area contributed by atoms with Gasteiger partial charge in [0.05, 0.1) is 6.61 Å². The van der Waals surface area contributed by atoms with Gasteiger partial charge in [-0.2, -0.15) is 20.1 Å². The molecule has 0 spiro atoms. The van der Waals surface area contributed by atoms with Crippen LogP contribution in [0.3, 0.4) is 0 Å². The van der Waals surface area contributed by atoms with Crippen molar-refractivity contribution in [1.29, 1.82) is 0 Å². The van der Waals surface area contributed by atoms with Gasteiger partial charge >= 0.3 is 0 Å². The van der Waals surface area contributed by atoms with Crippen LogP contribution in [0, 0.1) is 0 Å². The van der Waals surface area contributed by atoms with Gasteiger partial charge in [0.1, 0.15) is 0 Å². The van der Waals surface area contributed by atoms with Crippen molar-refractivity contribution in [2.75, 3.05) is 30.4 Å². The van der Waals surface area contributed by atoms with E-state index in [1.807, 2.05) is 6.07 Å². The fraction of sp³-hybridized carbons (Fsp3) is 0.538. The van der Waals surface area contributed by atoms with Gasteiger partial charge in [0, 0.05) is 32.0 Å². The molecule has 0 unspecified atom stereocenters. The van der Waals surface area contributed by atoms with Gasteiger partial charge in [-0.25, -0.2) is 4.68 Å². The van der Waals surface area contributed by atoms with Crippen molar-refractivity contribution in [2.45, 2.75) is 25.3 Å². The first-order valence-corrected chi connectivity index (χ1v) is 7.13. The van der Waals surface area contributed by atoms with Crippen LogP contribution in [-0.2, 0) is 0 Å². The van der Waals surface area contributed by atoms with E-state index in [9.17, 15) is 5.11 Å². The molecule has 112 valence electrons. The highest BCUT2D eigenvalue weighted by Crippen LogP contribution is 2.28. The molecule has 2 aromatic heterocycles. The number of nitrogens with zero attached hydrogens (tertiary/aromatic N) is 6. The Kier molecular flexibility index (Phi) is 3.96. The summed E-state index contributed by atoms with van der Waals surface area (Å²) in [6, 6.07) is 2.22. The zero-order valence-electron chi connectivity index (χ0n) is 12.0. The van der Waals surface area contributed by atoms with Gasteiger partial charge < -0.3 is 15.3 Å². The first kappa shape index (κ1) is 13.7. The molecule has 0 bridgehead atoms. The summed E-state index contributed by atoms with van der Waals surface area (Å²) in [5.41, 5.74) is 0. The van der Waals surface area contributed by atoms with Crippen LogP contribution in [-0.4, -0.2) is 56.1 Å². The fourth-order valence-electron chi connectivity index (χ4n) is 2.34. The van der Waals surface area contributed by atoms with Crippen molar-refractivity contribution in [3.05, 3.63) is 18.5 Å². The van der Waals surface area contributed by atoms with Gasteiger partial charge in [0.15, 0.2) is 0 Å². The van der Waals surface area contributed by atoms with Gasteiger partial charge in [-0.15, -0.1) is 0 Å². The summed E-state index contributed by atoms with van der Waals surface area (Å²) in [6.07, 6.45) is 6.90. The van der Waals surface area contributed by atoms with Crippen LogP contribution in [0.4, 0.5) is 11.9 Å². The van der Waals surface area contributed by atoms with E-state index in [2.05, 4.69) is 30.3 Å². The molecule has 0 atom stereocenters. The molecular formula is C13H19N7O. The SMILES string of the molecule is CNc1nc(N(CCO)C2CCC2)nc(-n2cccn2)n1. The Hall–Kier alpha value is -2.22. The van der Waals surface area contributed by atoms with Crippen LogP contribution in [0.2, 0.25) is 0 Å². The van der Waals surface area contributed by atoms with Gasteiger partial charge in [0.2, 0.25) is 11.9 Å². The molecular weight excluding hydrogens is 270 g/mol. The summed E-state index contributed by atoms with van der Waals surface area (Å²) in [5.74, 6) is 1.54. The predicted molar refractivity (Wildman–Crippen MR) is 78.6 cm³/mol. The third-order valence-corrected chi connectivity index (χ3v) is 3.66. The van der Waals surface area contributed by atoms with Gasteiger partial charge in [-0.1, -0.05) is 0 Å². The van der Waals surface area contributed by atoms with E-state index in [-0.39, 0.29) is 6.61 Å². The number of anilines is 2. The number of aromatic nitrogens is 5. The minimum Gasteiger partial charge on any atom is -0.395 e. The van der Waals surface area contributed by atoms with E-state index in [1.165, 1.54) is 6.42 Å². The monoisotopic (exact) mass is 289 g/mol. The van der Waals surface area contributed by atoms with E-state index in [0.29, 0.717) is 30.4 Å². The number of aliphatic hydroxyl groups is 1. The maximum Gasteiger partial charge on any atom is 0.257 e. The molecule has 0 aromatic carbocycles. The summed E-state index contributed by atoms with van der Waals surface area (Å²) >= 11 is 0. The zero-order valence-corrected chi connectivity index (χ0v) is 12.0. The summed E-state index contributed by atoms with van der Waals surface area (Å²) in [6.45, 7) is 0.602. The highest BCUT2D eigenvalue weighted by atomic mass is 16.3. The molecule has 0 radical (unpaired) electrons. The van der Waals surface area contributed by atoms with Crippen molar-refractivity contribution >= 4 is 11.9 Å². The standard InChI is InChI=1S/C13H19N7O/c1-14-11-16-12(19(8-9-21)10-4-2-5-10)18-13(17-11)20-7-3-6-15-20/h3,6-7,10,21H,2,4-5,8-9H2,1H3,(H,14,16,17,18). The number of hydrogen-bond acceptors (Lipinski definition) is 7. The molecule has 1 aliphatic rings. The number of rotatable bonds is 6. The topological polar surface area (TPSA) is 92.0 Å². The lowest BCUT2D eigenvalue weighted by atomic mass is 9.92. The number of nitrogens with one attached hydrogen (secondary N) is 1. The second kappa shape index (κ2) is 6.04. The van der Waals surface area contributed by atoms with Crippen molar-refractivity contribution < 1.29 is 5.11 Å². The average molecular weight is 289 g/mol. The van der Waals surface area contributed by atoms with Gasteiger partial charge in [-0.05, 0) is 25.3 Å². The third-order valence-electron chi connectivity index (χ3n) is 3.66. The second-order valence-electron chi connectivity index (χ2n) is 4.96. The lowest BCUT2D eigenvalue weighted by Gasteiger charge is -2.37. The lowest BCUT2D eigenvalue weighted by molar-refractivity contribution is 0.282. The van der Waals surface area contributed by atoms with Crippen LogP contribution < -0.4 is 10.2 Å². The molecule has 2 heterocycles. The molecule has 1 aliphatic carbocycles. The molecule has 8 nitrogen and oxygen atoms in total. The van der Waals surface area contributed by atoms with E-state index in [0.717, 1.165) is 12.8 Å². The van der Waals surface area contributed by atoms with Crippen LogP contribution in [0.5, 0.6) is 0 Å². The second-order valence-corrected chi connectivity index (χ2v) is 4.96. The minimum atomic E-state index is 0.0776. The Morgan fingerprint density at radius 3 is 2.81 bits per heavy atom. The summed E-state index contributed by atoms with van der Waals surface area (Å²) < 4.78 is 1.60. The Morgan fingerprint density at radius 2 is 2.24 bits per heavy atom. The van der Waals surface area contributed by atoms with Crippen molar-refractivity contribution in [3.8, 4) is 5.95 Å². The molecule has 1 saturated carbocycles. The molecule has 2 aromatic rings. The largest absolute Gasteiger partial charge is 0.395 e. The van der Waals surface area contributed by atoms with E-state index >= 15 is 0 Å². The van der Waals surface area contributed by atoms with Crippen molar-refractivity contribution in [1.82, 2.24) is 24.7 Å². The lowest BCUT2D eigenvalue weighted by Crippen LogP contribution is -2.43. The van der Waals surface area contributed by atoms with E-state index in [4.69, 9.17) is 0 Å². The summed E-state index contributed by atoms with van der Waals surface area (Å²) in [4.78, 5) is 15.3. The quantitative estimate of drug-likeness (QED) is 0.797. The van der Waals surface area contributed by atoms with Crippen LogP contribution in [0.25, 0.3) is 5.95 Å². The van der Waals surface area contributed by atoms with Crippen LogP contribution >= 0.6 is 0 Å². The fourth-order valence-corrected chi connectivity index (χ4v) is 2.34. The maximum absolute atomic E-state index is 9.30. The first-order chi connectivity index (χ1) is 10.3. The molecule has 3 rings (SSSR count). The van der Waals surface area contributed by atoms with Crippen LogP contribution in [0.15, 0.2) is 18.5 Å². The highest BCUT2D eigenvalue weighted by molar-refractivity contribution is 5.41. The third kappa shape index (κ3) is 2.80. The van der Waals surface area contributed by atoms with E-state index < -0.39 is 0 Å². The highest BCUT2D eigenvalue weighted by Gasteiger charge is 2.27. The van der Waals surface area contributed by atoms with Crippen LogP contribution in [0.1, 0.15) is 19.3 Å². The normalized spacial score (nSPS) is 14.8. The maximum atomic E-state index is 9.30. The zero-order chi connectivity index (χ0) is 14.7. The van der Waals surface area contributed by atoms with Crippen molar-refractivity contribution in [2.24, 2.45) is 0 Å². The smallest absolute Gasteiger partial charge is 0.257 e. The molecule has 2 N–H and O–H groups in total. The summed E-state index contributed by atoms with van der Waals surface area (Å²) in [7, 11) is 1.77. The summed E-state index contributed by atoms with van der Waals surface area (Å²) in [5, 5.41) is 16.4. The molecule has 0 saturated heterocycles. The Balaban J connectivity index is 1.97. The molecule has 21 heavy (non-hydrogen) atoms. The Bertz CT molecular complexity index is 582. The molecule has 1 fully saturated rings. The van der Waals surface area contributed by atoms with Gasteiger partial charge in [0.25, 0.3) is 5.95 Å². The Labute approximate surface area is 122 Å². The number of aliphatic hydroxyl groups excluding tert-OH is 1. The Morgan fingerprint density at radius 1 is 1.38 bits per heavy atom. The first-order valence-electron chi connectivity index (χ1n) is 7.13. The molecule has 0 amide bonds. The van der Waals surface area contributed by atoms with Gasteiger partial charge in [-0.3, -0.25) is 0 Å². The predicted octanol–water partition coefficient (Wildman–Crippen LogP) is 0.450. The minimum absolute atomic E-state index is 0.0776. The number of hydrogen-bond donors (Lipinski definition) is 2. The van der Waals surface area contributed by atoms with E-state index in [1.54, 1.807) is 24.1 Å². The average Bonchev–Trinajstić information content (AvgIpc) is 2.98.